The number of ether oxygens (including phenoxy) is 1. The van der Waals surface area contributed by atoms with Gasteiger partial charge in [-0.15, -0.1) is 0 Å². The normalized spacial score (nSPS) is 25.0. The lowest BCUT2D eigenvalue weighted by molar-refractivity contribution is -0.139. The standard InChI is InChI=1S/C39H38N2O3/c1-27-16-19-30(20-17-27)38-23-22-33(31-13-7-8-14-32(31)38)39(37(43)40-24-28-10-4-3-5-11-28)26-41(25-35(38)39)36(42)21-18-29-12-6-9-15-34(29)44-2/h3-21,33,35H,22-26H2,1-2H3,(H,40,43)/b21-18+/t33-,35-,38-,39-/m0/s1. The number of amides is 2. The summed E-state index contributed by atoms with van der Waals surface area (Å²) >= 11 is 0. The molecule has 4 aromatic rings. The molecule has 0 unspecified atom stereocenters. The molecule has 44 heavy (non-hydrogen) atoms. The highest BCUT2D eigenvalue weighted by molar-refractivity contribution is 5.94. The number of likely N-dealkylation sites (tertiary alicyclic amines) is 1. The Morgan fingerprint density at radius 3 is 2.45 bits per heavy atom. The van der Waals surface area contributed by atoms with E-state index in [9.17, 15) is 9.59 Å². The molecular formula is C39H38N2O3. The average Bonchev–Trinajstić information content (AvgIpc) is 3.51. The lowest BCUT2D eigenvalue weighted by Crippen LogP contribution is -2.62. The molecule has 1 saturated carbocycles. The molecule has 3 aliphatic carbocycles. The number of fused-ring (bicyclic) bond motifs is 1. The Morgan fingerprint density at radius 1 is 0.932 bits per heavy atom. The molecule has 4 aliphatic rings. The molecule has 4 atom stereocenters. The summed E-state index contributed by atoms with van der Waals surface area (Å²) in [5.41, 5.74) is 5.80. The SMILES string of the molecule is COc1ccccc1/C=C/C(=O)N1C[C@H]2[C@]3(c4ccc(C)cc4)CC[C@@H](c4ccccc43)[C@@]2(C(=O)NCc2ccccc2)C1. The minimum Gasteiger partial charge on any atom is -0.496 e. The monoisotopic (exact) mass is 582 g/mol. The van der Waals surface area contributed by atoms with Crippen molar-refractivity contribution in [2.24, 2.45) is 11.3 Å². The van der Waals surface area contributed by atoms with Crippen molar-refractivity contribution >= 4 is 17.9 Å². The van der Waals surface area contributed by atoms with Gasteiger partial charge in [0.1, 0.15) is 5.75 Å². The van der Waals surface area contributed by atoms with E-state index in [0.717, 1.165) is 29.7 Å². The van der Waals surface area contributed by atoms with Gasteiger partial charge in [-0.2, -0.15) is 0 Å². The number of para-hydroxylation sites is 1. The minimum atomic E-state index is -0.750. The van der Waals surface area contributed by atoms with E-state index in [4.69, 9.17) is 4.74 Å². The molecule has 1 saturated heterocycles. The third-order valence-electron chi connectivity index (χ3n) is 10.5. The number of methoxy groups -OCH3 is 1. The number of nitrogens with zero attached hydrogens (tertiary/aromatic N) is 1. The molecule has 0 radical (unpaired) electrons. The van der Waals surface area contributed by atoms with Gasteiger partial charge in [0.2, 0.25) is 11.8 Å². The van der Waals surface area contributed by atoms with Crippen molar-refractivity contribution in [3.05, 3.63) is 143 Å². The van der Waals surface area contributed by atoms with Gasteiger partial charge in [0.15, 0.2) is 0 Å². The van der Waals surface area contributed by atoms with Crippen LogP contribution in [0.15, 0.2) is 109 Å². The lowest BCUT2D eigenvalue weighted by atomic mass is 9.42. The zero-order valence-electron chi connectivity index (χ0n) is 25.3. The Kier molecular flexibility index (Phi) is 7.12. The van der Waals surface area contributed by atoms with Crippen LogP contribution in [0.25, 0.3) is 6.08 Å². The summed E-state index contributed by atoms with van der Waals surface area (Å²) in [6.07, 6.45) is 5.32. The Morgan fingerprint density at radius 2 is 1.66 bits per heavy atom. The number of carbonyl (C=O) groups is 2. The van der Waals surface area contributed by atoms with Crippen LogP contribution >= 0.6 is 0 Å². The number of hydrogen-bond donors (Lipinski definition) is 1. The van der Waals surface area contributed by atoms with Crippen molar-refractivity contribution in [2.75, 3.05) is 20.2 Å². The Bertz CT molecular complexity index is 1730. The van der Waals surface area contributed by atoms with Gasteiger partial charge in [0, 0.05) is 48.5 Å². The van der Waals surface area contributed by atoms with Crippen LogP contribution in [0.3, 0.4) is 0 Å². The van der Waals surface area contributed by atoms with Crippen LogP contribution in [-0.4, -0.2) is 36.9 Å². The van der Waals surface area contributed by atoms with Crippen molar-refractivity contribution < 1.29 is 14.3 Å². The van der Waals surface area contributed by atoms with Gasteiger partial charge < -0.3 is 15.0 Å². The Hall–Kier alpha value is -4.64. The summed E-state index contributed by atoms with van der Waals surface area (Å²) in [6.45, 7) is 3.48. The third-order valence-corrected chi connectivity index (χ3v) is 10.5. The zero-order chi connectivity index (χ0) is 30.3. The van der Waals surface area contributed by atoms with E-state index in [2.05, 4.69) is 60.8 Å². The summed E-state index contributed by atoms with van der Waals surface area (Å²) in [5, 5.41) is 3.35. The van der Waals surface area contributed by atoms with Crippen molar-refractivity contribution in [3.63, 3.8) is 0 Å². The summed E-state index contributed by atoms with van der Waals surface area (Å²) in [4.78, 5) is 30.6. The second-order valence-electron chi connectivity index (χ2n) is 12.6. The molecule has 5 heteroatoms. The Balaban J connectivity index is 1.32. The number of aryl methyl sites for hydroxylation is 1. The average molecular weight is 583 g/mol. The molecule has 1 aliphatic heterocycles. The highest BCUT2D eigenvalue weighted by Gasteiger charge is 2.70. The van der Waals surface area contributed by atoms with Crippen LogP contribution in [0.1, 0.15) is 52.1 Å². The number of nitrogens with one attached hydrogen (secondary N) is 1. The molecule has 2 amide bonds. The maximum atomic E-state index is 14.7. The fraction of sp³-hybridized carbons (Fsp3) is 0.282. The molecule has 1 heterocycles. The summed E-state index contributed by atoms with van der Waals surface area (Å²) in [6, 6.07) is 35.3. The first-order chi connectivity index (χ1) is 21.5. The molecule has 2 fully saturated rings. The van der Waals surface area contributed by atoms with Gasteiger partial charge in [-0.05, 0) is 54.2 Å². The van der Waals surface area contributed by atoms with Gasteiger partial charge >= 0.3 is 0 Å². The van der Waals surface area contributed by atoms with E-state index in [1.54, 1.807) is 13.2 Å². The largest absolute Gasteiger partial charge is 0.496 e. The predicted molar refractivity (Wildman–Crippen MR) is 173 cm³/mol. The molecule has 0 spiro atoms. The zero-order valence-corrected chi connectivity index (χ0v) is 25.3. The number of carbonyl (C=O) groups excluding carboxylic acids is 2. The quantitative estimate of drug-likeness (QED) is 0.248. The predicted octanol–water partition coefficient (Wildman–Crippen LogP) is 6.66. The second kappa shape index (κ2) is 11.1. The van der Waals surface area contributed by atoms with E-state index in [0.29, 0.717) is 19.6 Å². The van der Waals surface area contributed by atoms with Crippen LogP contribution in [0, 0.1) is 18.3 Å². The molecule has 2 bridgehead atoms. The first kappa shape index (κ1) is 28.1. The molecule has 222 valence electrons. The lowest BCUT2D eigenvalue weighted by Gasteiger charge is -2.60. The van der Waals surface area contributed by atoms with Crippen molar-refractivity contribution in [2.45, 2.75) is 37.6 Å². The van der Waals surface area contributed by atoms with E-state index in [1.165, 1.54) is 22.3 Å². The fourth-order valence-electron chi connectivity index (χ4n) is 8.51. The van der Waals surface area contributed by atoms with Gasteiger partial charge in [-0.3, -0.25) is 9.59 Å². The van der Waals surface area contributed by atoms with Gasteiger partial charge in [0.05, 0.1) is 12.5 Å². The van der Waals surface area contributed by atoms with E-state index < -0.39 is 5.41 Å². The van der Waals surface area contributed by atoms with Crippen molar-refractivity contribution in [1.82, 2.24) is 10.2 Å². The van der Waals surface area contributed by atoms with E-state index in [-0.39, 0.29) is 29.1 Å². The smallest absolute Gasteiger partial charge is 0.246 e. The van der Waals surface area contributed by atoms with Crippen LogP contribution in [0.4, 0.5) is 0 Å². The minimum absolute atomic E-state index is 0.0304. The van der Waals surface area contributed by atoms with Crippen molar-refractivity contribution in [3.8, 4) is 5.75 Å². The molecule has 8 rings (SSSR count). The molecule has 5 nitrogen and oxygen atoms in total. The summed E-state index contributed by atoms with van der Waals surface area (Å²) < 4.78 is 5.50. The van der Waals surface area contributed by atoms with Crippen LogP contribution < -0.4 is 10.1 Å². The summed E-state index contributed by atoms with van der Waals surface area (Å²) in [5.74, 6) is 0.651. The van der Waals surface area contributed by atoms with Crippen LogP contribution in [0.5, 0.6) is 5.75 Å². The Labute approximate surface area is 259 Å². The van der Waals surface area contributed by atoms with E-state index in [1.807, 2.05) is 65.6 Å². The molecule has 0 aromatic heterocycles. The molecule has 4 aromatic carbocycles. The number of rotatable bonds is 7. The molecular weight excluding hydrogens is 544 g/mol. The topological polar surface area (TPSA) is 58.6 Å². The van der Waals surface area contributed by atoms with Crippen molar-refractivity contribution in [1.29, 1.82) is 0 Å². The maximum absolute atomic E-state index is 14.7. The van der Waals surface area contributed by atoms with Gasteiger partial charge in [-0.25, -0.2) is 0 Å². The van der Waals surface area contributed by atoms with Gasteiger partial charge in [-0.1, -0.05) is 103 Å². The summed E-state index contributed by atoms with van der Waals surface area (Å²) in [7, 11) is 1.63. The second-order valence-corrected chi connectivity index (χ2v) is 12.6. The maximum Gasteiger partial charge on any atom is 0.246 e. The highest BCUT2D eigenvalue weighted by atomic mass is 16.5. The van der Waals surface area contributed by atoms with Crippen LogP contribution in [0.2, 0.25) is 0 Å². The third kappa shape index (κ3) is 4.37. The number of hydrogen-bond acceptors (Lipinski definition) is 3. The van der Waals surface area contributed by atoms with Crippen LogP contribution in [-0.2, 0) is 21.5 Å². The first-order valence-corrected chi connectivity index (χ1v) is 15.6. The molecule has 1 N–H and O–H groups in total. The fourth-order valence-corrected chi connectivity index (χ4v) is 8.51. The highest BCUT2D eigenvalue weighted by Crippen LogP contribution is 2.69. The first-order valence-electron chi connectivity index (χ1n) is 15.6. The van der Waals surface area contributed by atoms with Gasteiger partial charge in [0.25, 0.3) is 0 Å². The van der Waals surface area contributed by atoms with E-state index >= 15 is 0 Å². The number of benzene rings is 4.